The van der Waals surface area contributed by atoms with Crippen LogP contribution in [0.15, 0.2) is 60.9 Å². The number of benzene rings is 2. The molecule has 2 saturated heterocycles. The lowest BCUT2D eigenvalue weighted by molar-refractivity contribution is -0.160. The number of hydrogen-bond donors (Lipinski definition) is 4. The van der Waals surface area contributed by atoms with E-state index in [0.717, 1.165) is 31.4 Å². The number of thioether (sulfide) groups is 1. The van der Waals surface area contributed by atoms with E-state index in [4.69, 9.17) is 9.47 Å². The van der Waals surface area contributed by atoms with Gasteiger partial charge >= 0.3 is 11.9 Å². The molecule has 0 spiro atoms. The number of ether oxygens (including phenoxy) is 2. The molecule has 8 amide bonds. The second kappa shape index (κ2) is 27.0. The Balaban J connectivity index is 1.47. The number of cyclic esters (lactones) is 2. The second-order valence-electron chi connectivity index (χ2n) is 19.8. The summed E-state index contributed by atoms with van der Waals surface area (Å²) in [6.07, 6.45) is 4.43. The van der Waals surface area contributed by atoms with Crippen molar-refractivity contribution in [3.05, 3.63) is 72.3 Å². The molecule has 6 rings (SSSR count). The molecular weight excluding hydrogens is 1080 g/mol. The maximum absolute atomic E-state index is 15.4. The summed E-state index contributed by atoms with van der Waals surface area (Å²) in [6.45, 7) is 7.70. The van der Waals surface area contributed by atoms with Gasteiger partial charge in [-0.25, -0.2) is 19.6 Å². The molecule has 2 fully saturated rings. The van der Waals surface area contributed by atoms with E-state index in [9.17, 15) is 38.4 Å². The summed E-state index contributed by atoms with van der Waals surface area (Å²) < 4.78 is 25.4. The van der Waals surface area contributed by atoms with Crippen molar-refractivity contribution in [3.63, 3.8) is 0 Å². The zero-order valence-electron chi connectivity index (χ0n) is 46.4. The van der Waals surface area contributed by atoms with Crippen molar-refractivity contribution < 1.29 is 61.6 Å². The zero-order valence-corrected chi connectivity index (χ0v) is 48.0. The summed E-state index contributed by atoms with van der Waals surface area (Å²) in [7, 11) is 2.60. The molecule has 430 valence electrons. The lowest BCUT2D eigenvalue weighted by Gasteiger charge is -2.40. The highest BCUT2D eigenvalue weighted by Crippen LogP contribution is 2.28. The average molecular weight is 1150 g/mol. The molecule has 80 heavy (non-hydrogen) atoms. The third kappa shape index (κ3) is 13.8. The fourth-order valence-corrected chi connectivity index (χ4v) is 12.4. The average Bonchev–Trinajstić information content (AvgIpc) is 3.51. The predicted molar refractivity (Wildman–Crippen MR) is 294 cm³/mol. The first-order valence-electron chi connectivity index (χ1n) is 25.9. The van der Waals surface area contributed by atoms with Crippen molar-refractivity contribution in [1.29, 1.82) is 0 Å². The number of likely N-dealkylation sites (N-methyl/N-ethyl adjacent to an activating group) is 4. The number of rotatable bonds is 9. The molecule has 0 radical (unpaired) electrons. The number of hydrogen-bond acceptors (Lipinski definition) is 18. The van der Waals surface area contributed by atoms with E-state index in [1.54, 1.807) is 76.2 Å². The highest BCUT2D eigenvalue weighted by atomic mass is 32.2. The number of para-hydroxylation sites is 4. The summed E-state index contributed by atoms with van der Waals surface area (Å²) in [5.41, 5.74) is 1.27. The molecule has 0 unspecified atom stereocenters. The van der Waals surface area contributed by atoms with Gasteiger partial charge in [0.15, 0.2) is 0 Å². The number of carbonyl (C=O) groups is 10. The van der Waals surface area contributed by atoms with E-state index >= 15 is 13.8 Å². The van der Waals surface area contributed by atoms with Gasteiger partial charge < -0.3 is 50.3 Å². The van der Waals surface area contributed by atoms with Gasteiger partial charge in [-0.05, 0) is 56.2 Å². The fraction of sp³-hybridized carbons (Fsp3) is 0.509. The Morgan fingerprint density at radius 2 is 1.04 bits per heavy atom. The van der Waals surface area contributed by atoms with Crippen LogP contribution in [-0.2, 0) is 58.6 Å². The molecule has 25 nitrogen and oxygen atoms in total. The smallest absolute Gasteiger partial charge is 0.329 e. The molecule has 2 aromatic heterocycles. The van der Waals surface area contributed by atoms with Gasteiger partial charge in [-0.1, -0.05) is 64.8 Å². The summed E-state index contributed by atoms with van der Waals surface area (Å²) in [4.78, 5) is 167. The van der Waals surface area contributed by atoms with Crippen molar-refractivity contribution in [2.45, 2.75) is 107 Å². The van der Waals surface area contributed by atoms with Crippen molar-refractivity contribution in [3.8, 4) is 0 Å². The van der Waals surface area contributed by atoms with E-state index in [-0.39, 0.29) is 24.2 Å². The largest absolute Gasteiger partial charge is 0.461 e. The minimum absolute atomic E-state index is 0.206. The van der Waals surface area contributed by atoms with Gasteiger partial charge in [0, 0.05) is 39.0 Å². The SMILES string of the molecule is CC[C@H](C)[C@H]1C(=O)OC[C@@H](NC(=O)c2cnc3ccccc3n2)C(=O)N[C@@H](C)C(=O)N(C)[C@H]2C[S@@](=O)[C@@H](SC)[C@@H](C(=O)N1C)N(C)C(=O)[C@H](C)NC(=O)[C@H](NC(=O)c1cnc3ccccc3n1)COC(=O)[C@H]([C@@H](C)CC)N(C)C2=O. The number of fused-ring (bicyclic) bond motifs is 6. The van der Waals surface area contributed by atoms with Crippen LogP contribution in [0, 0.1) is 11.8 Å². The van der Waals surface area contributed by atoms with E-state index in [0.29, 0.717) is 22.1 Å². The van der Waals surface area contributed by atoms with Gasteiger partial charge in [0.1, 0.15) is 77.5 Å². The molecule has 0 aliphatic carbocycles. The Morgan fingerprint density at radius 1 is 0.637 bits per heavy atom. The topological polar surface area (TPSA) is 319 Å². The van der Waals surface area contributed by atoms with Crippen LogP contribution in [0.5, 0.6) is 0 Å². The molecule has 2 aliphatic rings. The first-order chi connectivity index (χ1) is 37.9. The zero-order chi connectivity index (χ0) is 58.9. The maximum atomic E-state index is 15.4. The van der Waals surface area contributed by atoms with Crippen molar-refractivity contribution in [1.82, 2.24) is 60.8 Å². The van der Waals surface area contributed by atoms with Crippen LogP contribution in [0.4, 0.5) is 0 Å². The van der Waals surface area contributed by atoms with E-state index in [1.807, 2.05) is 0 Å². The molecule has 2 aliphatic heterocycles. The van der Waals surface area contributed by atoms with Gasteiger partial charge in [0.25, 0.3) is 11.8 Å². The monoisotopic (exact) mass is 1140 g/mol. The second-order valence-corrected chi connectivity index (χ2v) is 22.7. The van der Waals surface area contributed by atoms with Gasteiger partial charge in [-0.3, -0.25) is 52.5 Å². The normalized spacial score (nSPS) is 26.5. The molecule has 2 bridgehead atoms. The molecular formula is C53H68N12O13S2. The van der Waals surface area contributed by atoms with Crippen LogP contribution in [-0.4, -0.2) is 209 Å². The molecule has 12 atom stereocenters. The minimum Gasteiger partial charge on any atom is -0.461 e. The summed E-state index contributed by atoms with van der Waals surface area (Å²) in [5, 5.41) is 10.1. The summed E-state index contributed by atoms with van der Waals surface area (Å²) >= 11 is 0.883. The highest BCUT2D eigenvalue weighted by Gasteiger charge is 2.47. The minimum atomic E-state index is -2.39. The standard InChI is InChI=1S/C53H68N12O13S2/c1-12-27(3)40-51(74)77-24-38(61-44(67)36-23-55-32-19-15-17-21-34(32)59-36)46(69)57-30(6)48(71)65(10)42-50(73)64(9)41(28(4)13-2)52(75)78-25-37(60-43(66)35-22-54-31-18-14-16-20-33(31)58-35)45(68)56-29(5)47(70)62(7)39(49(72)63(40)8)26-80(76)53(42)79-11/h14-23,27-30,37-42,53H,12-13,24-26H2,1-11H3,(H,56,68)(H,57,69)(H,60,66)(H,61,67)/t27-,28-,29-,30-,37+,38+,39-,40-,41-,42+,53+,80+/m0/s1. The van der Waals surface area contributed by atoms with Crippen molar-refractivity contribution in [2.24, 2.45) is 11.8 Å². The number of esters is 2. The van der Waals surface area contributed by atoms with Gasteiger partial charge in [0.05, 0.1) is 40.2 Å². The Hall–Kier alpha value is -7.68. The van der Waals surface area contributed by atoms with E-state index in [1.165, 1.54) is 60.7 Å². The third-order valence-electron chi connectivity index (χ3n) is 14.4. The Labute approximate surface area is 469 Å². The van der Waals surface area contributed by atoms with Crippen molar-refractivity contribution >= 4 is 104 Å². The van der Waals surface area contributed by atoms with Crippen LogP contribution in [0.3, 0.4) is 0 Å². The molecule has 4 heterocycles. The number of carbonyl (C=O) groups excluding carboxylic acids is 10. The number of aromatic nitrogens is 4. The first-order valence-corrected chi connectivity index (χ1v) is 28.6. The van der Waals surface area contributed by atoms with Gasteiger partial charge in [-0.15, -0.1) is 11.8 Å². The van der Waals surface area contributed by atoms with E-state index in [2.05, 4.69) is 41.2 Å². The Kier molecular flexibility index (Phi) is 20.8. The van der Waals surface area contributed by atoms with Gasteiger partial charge in [0.2, 0.25) is 35.4 Å². The van der Waals surface area contributed by atoms with Crippen LogP contribution < -0.4 is 21.3 Å². The number of nitrogens with zero attached hydrogens (tertiary/aromatic N) is 8. The van der Waals surface area contributed by atoms with Crippen LogP contribution >= 0.6 is 11.8 Å². The predicted octanol–water partition coefficient (Wildman–Crippen LogP) is 0.431. The molecule has 4 N–H and O–H groups in total. The summed E-state index contributed by atoms with van der Waals surface area (Å²) in [6, 6.07) is 0.662. The van der Waals surface area contributed by atoms with E-state index < -0.39 is 154 Å². The third-order valence-corrected chi connectivity index (χ3v) is 17.8. The molecule has 27 heteroatoms. The Morgan fingerprint density at radius 3 is 1.45 bits per heavy atom. The van der Waals surface area contributed by atoms with Crippen molar-refractivity contribution in [2.75, 3.05) is 53.4 Å². The van der Waals surface area contributed by atoms with Gasteiger partial charge in [-0.2, -0.15) is 0 Å². The Bertz CT molecular complexity index is 3060. The number of nitrogens with one attached hydrogen (secondary N) is 4. The number of amides is 8. The lowest BCUT2D eigenvalue weighted by atomic mass is 9.97. The molecule has 2 aromatic carbocycles. The quantitative estimate of drug-likeness (QED) is 0.165. The fourth-order valence-electron chi connectivity index (χ4n) is 9.27. The van der Waals surface area contributed by atoms with Crippen LogP contribution in [0.2, 0.25) is 0 Å². The summed E-state index contributed by atoms with van der Waals surface area (Å²) in [5.74, 6) is -11.7. The molecule has 0 saturated carbocycles. The molecule has 4 aromatic rings. The first kappa shape index (κ1) is 61.5. The van der Waals surface area contributed by atoms with Crippen LogP contribution in [0.1, 0.15) is 75.4 Å². The highest BCUT2D eigenvalue weighted by molar-refractivity contribution is 8.11. The van der Waals surface area contributed by atoms with Crippen LogP contribution in [0.25, 0.3) is 22.1 Å². The maximum Gasteiger partial charge on any atom is 0.329 e. The lowest BCUT2D eigenvalue weighted by Crippen LogP contribution is -2.62.